The van der Waals surface area contributed by atoms with E-state index in [2.05, 4.69) is 29.8 Å². The average Bonchev–Trinajstić information content (AvgIpc) is 2.26. The van der Waals surface area contributed by atoms with Gasteiger partial charge in [-0.3, -0.25) is 4.79 Å². The van der Waals surface area contributed by atoms with Gasteiger partial charge in [0.25, 0.3) is 0 Å². The van der Waals surface area contributed by atoms with Gasteiger partial charge in [-0.25, -0.2) is 0 Å². The van der Waals surface area contributed by atoms with Crippen molar-refractivity contribution >= 4 is 21.9 Å². The normalized spacial score (nSPS) is 42.1. The van der Waals surface area contributed by atoms with E-state index in [0.717, 1.165) is 17.8 Å². The SMILES string of the molecule is CC(C)(OC(=O)CBr)C12CC3CC(CC(C3)C1)C2. The molecule has 0 spiro atoms. The Labute approximate surface area is 118 Å². The summed E-state index contributed by atoms with van der Waals surface area (Å²) in [6.07, 6.45) is 8.13. The first kappa shape index (κ1) is 13.0. The Morgan fingerprint density at radius 1 is 1.17 bits per heavy atom. The highest BCUT2D eigenvalue weighted by molar-refractivity contribution is 9.09. The lowest BCUT2D eigenvalue weighted by molar-refractivity contribution is -0.196. The summed E-state index contributed by atoms with van der Waals surface area (Å²) >= 11 is 3.20. The van der Waals surface area contributed by atoms with Crippen LogP contribution < -0.4 is 0 Å². The number of rotatable bonds is 3. The van der Waals surface area contributed by atoms with Crippen molar-refractivity contribution in [3.05, 3.63) is 0 Å². The molecule has 4 fully saturated rings. The van der Waals surface area contributed by atoms with E-state index < -0.39 is 0 Å². The van der Waals surface area contributed by atoms with Crippen LogP contribution in [0.2, 0.25) is 0 Å². The second-order valence-electron chi connectivity index (χ2n) is 7.32. The summed E-state index contributed by atoms with van der Waals surface area (Å²) in [5, 5.41) is 0.308. The van der Waals surface area contributed by atoms with Gasteiger partial charge in [-0.15, -0.1) is 0 Å². The van der Waals surface area contributed by atoms with Crippen molar-refractivity contribution in [3.8, 4) is 0 Å². The molecule has 0 aliphatic heterocycles. The quantitative estimate of drug-likeness (QED) is 0.583. The second-order valence-corrected chi connectivity index (χ2v) is 7.88. The zero-order chi connectivity index (χ0) is 13.0. The van der Waals surface area contributed by atoms with Crippen molar-refractivity contribution in [1.82, 2.24) is 0 Å². The predicted octanol–water partition coefficient (Wildman–Crippen LogP) is 3.92. The fraction of sp³-hybridized carbons (Fsp3) is 0.933. The van der Waals surface area contributed by atoms with Crippen molar-refractivity contribution < 1.29 is 9.53 Å². The maximum atomic E-state index is 11.7. The molecular weight excluding hydrogens is 292 g/mol. The van der Waals surface area contributed by atoms with Crippen LogP contribution in [0.3, 0.4) is 0 Å². The smallest absolute Gasteiger partial charge is 0.317 e. The lowest BCUT2D eigenvalue weighted by atomic mass is 9.46. The van der Waals surface area contributed by atoms with Gasteiger partial charge in [0.05, 0.1) is 0 Å². The topological polar surface area (TPSA) is 26.3 Å². The summed E-state index contributed by atoms with van der Waals surface area (Å²) in [7, 11) is 0. The third kappa shape index (κ3) is 1.93. The van der Waals surface area contributed by atoms with Crippen LogP contribution in [0.5, 0.6) is 0 Å². The Morgan fingerprint density at radius 2 is 1.61 bits per heavy atom. The van der Waals surface area contributed by atoms with Crippen LogP contribution >= 0.6 is 15.9 Å². The molecule has 0 atom stereocenters. The third-order valence-electron chi connectivity index (χ3n) is 5.79. The molecule has 4 rings (SSSR count). The van der Waals surface area contributed by atoms with Crippen molar-refractivity contribution in [2.75, 3.05) is 5.33 Å². The molecule has 0 amide bonds. The van der Waals surface area contributed by atoms with E-state index in [9.17, 15) is 4.79 Å². The Kier molecular flexibility index (Phi) is 3.04. The van der Waals surface area contributed by atoms with Crippen molar-refractivity contribution in [2.45, 2.75) is 58.0 Å². The van der Waals surface area contributed by atoms with Crippen LogP contribution in [0, 0.1) is 23.2 Å². The number of esters is 1. The first-order valence-corrected chi connectivity index (χ1v) is 8.34. The Morgan fingerprint density at radius 3 is 2.00 bits per heavy atom. The van der Waals surface area contributed by atoms with Crippen LogP contribution in [-0.4, -0.2) is 16.9 Å². The van der Waals surface area contributed by atoms with Crippen LogP contribution in [-0.2, 0) is 9.53 Å². The highest BCUT2D eigenvalue weighted by Crippen LogP contribution is 2.64. The Hall–Kier alpha value is -0.0500. The van der Waals surface area contributed by atoms with Gasteiger partial charge in [0.15, 0.2) is 0 Å². The van der Waals surface area contributed by atoms with E-state index >= 15 is 0 Å². The minimum atomic E-state index is -0.298. The van der Waals surface area contributed by atoms with Crippen molar-refractivity contribution in [2.24, 2.45) is 23.2 Å². The van der Waals surface area contributed by atoms with Gasteiger partial charge in [0.2, 0.25) is 0 Å². The monoisotopic (exact) mass is 314 g/mol. The Bertz CT molecular complexity index is 326. The number of alkyl halides is 1. The minimum absolute atomic E-state index is 0.115. The first-order chi connectivity index (χ1) is 8.44. The van der Waals surface area contributed by atoms with Gasteiger partial charge in [0, 0.05) is 5.41 Å². The van der Waals surface area contributed by atoms with E-state index in [-0.39, 0.29) is 17.0 Å². The molecule has 0 N–H and O–H groups in total. The van der Waals surface area contributed by atoms with E-state index in [1.54, 1.807) is 0 Å². The van der Waals surface area contributed by atoms with Gasteiger partial charge in [-0.2, -0.15) is 0 Å². The number of hydrogen-bond donors (Lipinski definition) is 0. The summed E-state index contributed by atoms with van der Waals surface area (Å²) in [4.78, 5) is 11.7. The molecule has 4 aliphatic rings. The molecule has 0 aromatic heterocycles. The number of ether oxygens (including phenoxy) is 1. The van der Waals surface area contributed by atoms with Crippen molar-refractivity contribution in [3.63, 3.8) is 0 Å². The summed E-state index contributed by atoms with van der Waals surface area (Å²) in [6, 6.07) is 0. The second kappa shape index (κ2) is 4.22. The van der Waals surface area contributed by atoms with E-state index in [4.69, 9.17) is 4.74 Å². The molecule has 0 heterocycles. The molecule has 3 heteroatoms. The van der Waals surface area contributed by atoms with Gasteiger partial charge >= 0.3 is 5.97 Å². The summed E-state index contributed by atoms with van der Waals surface area (Å²) < 4.78 is 5.79. The number of hydrogen-bond acceptors (Lipinski definition) is 2. The molecule has 18 heavy (non-hydrogen) atoms. The maximum Gasteiger partial charge on any atom is 0.317 e. The molecule has 4 bridgehead atoms. The highest BCUT2D eigenvalue weighted by Gasteiger charge is 2.58. The average molecular weight is 315 g/mol. The summed E-state index contributed by atoms with van der Waals surface area (Å²) in [5.74, 6) is 2.59. The summed E-state index contributed by atoms with van der Waals surface area (Å²) in [6.45, 7) is 4.28. The van der Waals surface area contributed by atoms with Gasteiger partial charge < -0.3 is 4.74 Å². The standard InChI is InChI=1S/C15H23BrO2/c1-14(2,18-13(17)9-16)15-6-10-3-11(7-15)5-12(4-10)8-15/h10-12H,3-9H2,1-2H3. The molecule has 4 saturated carbocycles. The largest absolute Gasteiger partial charge is 0.458 e. The molecule has 0 aromatic rings. The van der Waals surface area contributed by atoms with Gasteiger partial charge in [-0.05, 0) is 70.1 Å². The van der Waals surface area contributed by atoms with Crippen LogP contribution in [0.4, 0.5) is 0 Å². The summed E-state index contributed by atoms with van der Waals surface area (Å²) in [5.41, 5.74) is -0.0343. The van der Waals surface area contributed by atoms with E-state index in [1.807, 2.05) is 0 Å². The number of halogens is 1. The molecular formula is C15H23BrO2. The van der Waals surface area contributed by atoms with E-state index in [0.29, 0.717) is 5.33 Å². The Balaban J connectivity index is 1.83. The van der Waals surface area contributed by atoms with Crippen LogP contribution in [0.25, 0.3) is 0 Å². The molecule has 102 valence electrons. The molecule has 4 aliphatic carbocycles. The van der Waals surface area contributed by atoms with Crippen molar-refractivity contribution in [1.29, 1.82) is 0 Å². The zero-order valence-corrected chi connectivity index (χ0v) is 13.0. The number of carbonyl (C=O) groups excluding carboxylic acids is 1. The number of carbonyl (C=O) groups is 1. The highest BCUT2D eigenvalue weighted by atomic mass is 79.9. The fourth-order valence-electron chi connectivity index (χ4n) is 5.27. The van der Waals surface area contributed by atoms with Crippen LogP contribution in [0.1, 0.15) is 52.4 Å². The fourth-order valence-corrected chi connectivity index (χ4v) is 5.38. The molecule has 0 radical (unpaired) electrons. The maximum absolute atomic E-state index is 11.7. The lowest BCUT2D eigenvalue weighted by Crippen LogP contribution is -2.57. The molecule has 2 nitrogen and oxygen atoms in total. The predicted molar refractivity (Wildman–Crippen MR) is 74.6 cm³/mol. The molecule has 0 unspecified atom stereocenters. The third-order valence-corrected chi connectivity index (χ3v) is 6.25. The van der Waals surface area contributed by atoms with Gasteiger partial charge in [0.1, 0.15) is 10.9 Å². The molecule has 0 aromatic carbocycles. The minimum Gasteiger partial charge on any atom is -0.458 e. The molecule has 0 saturated heterocycles. The van der Waals surface area contributed by atoms with E-state index in [1.165, 1.54) is 38.5 Å². The lowest BCUT2D eigenvalue weighted by Gasteiger charge is -2.61. The van der Waals surface area contributed by atoms with Crippen LogP contribution in [0.15, 0.2) is 0 Å². The first-order valence-electron chi connectivity index (χ1n) is 7.22. The van der Waals surface area contributed by atoms with Gasteiger partial charge in [-0.1, -0.05) is 15.9 Å². The zero-order valence-electron chi connectivity index (χ0n) is 11.4.